The lowest BCUT2D eigenvalue weighted by molar-refractivity contribution is -0.129. The number of rotatable bonds is 9. The molecule has 4 heterocycles. The van der Waals surface area contributed by atoms with Gasteiger partial charge in [0.2, 0.25) is 11.8 Å². The fourth-order valence-electron chi connectivity index (χ4n) is 5.58. The van der Waals surface area contributed by atoms with Gasteiger partial charge in [-0.25, -0.2) is 9.78 Å². The van der Waals surface area contributed by atoms with Gasteiger partial charge in [0, 0.05) is 44.6 Å². The molecule has 1 atom stereocenters. The van der Waals surface area contributed by atoms with E-state index in [-0.39, 0.29) is 29.5 Å². The number of benzene rings is 1. The summed E-state index contributed by atoms with van der Waals surface area (Å²) in [6, 6.07) is 12.3. The second kappa shape index (κ2) is 12.5. The first-order valence-corrected chi connectivity index (χ1v) is 14.0. The average molecular weight is 548 g/mol. The molecule has 0 spiro atoms. The van der Waals surface area contributed by atoms with E-state index in [1.165, 1.54) is 12.7 Å². The number of pyridine rings is 1. The van der Waals surface area contributed by atoms with Crippen molar-refractivity contribution in [2.45, 2.75) is 51.6 Å². The van der Waals surface area contributed by atoms with Gasteiger partial charge in [0.25, 0.3) is 0 Å². The summed E-state index contributed by atoms with van der Waals surface area (Å²) in [6.07, 6.45) is 5.68. The molecule has 40 heavy (non-hydrogen) atoms. The predicted molar refractivity (Wildman–Crippen MR) is 152 cm³/mol. The summed E-state index contributed by atoms with van der Waals surface area (Å²) in [5, 5.41) is 7.26. The van der Waals surface area contributed by atoms with Crippen molar-refractivity contribution in [3.63, 3.8) is 0 Å². The molecular formula is C30H37N5O5. The van der Waals surface area contributed by atoms with Crippen molar-refractivity contribution >= 4 is 40.2 Å². The Labute approximate surface area is 234 Å². The molecule has 0 bridgehead atoms. The Bertz CT molecular complexity index is 1360. The number of likely N-dealkylation sites (tertiary alicyclic amines) is 1. The summed E-state index contributed by atoms with van der Waals surface area (Å²) in [5.41, 5.74) is 3.33. The number of fused-ring (bicyclic) bond motifs is 1. The lowest BCUT2D eigenvalue weighted by atomic mass is 10.0. The van der Waals surface area contributed by atoms with Gasteiger partial charge in [0.05, 0.1) is 37.2 Å². The highest BCUT2D eigenvalue weighted by Gasteiger charge is 2.30. The molecule has 212 valence electrons. The summed E-state index contributed by atoms with van der Waals surface area (Å²) in [7, 11) is 1.35. The van der Waals surface area contributed by atoms with Crippen molar-refractivity contribution in [3.8, 4) is 0 Å². The van der Waals surface area contributed by atoms with Crippen LogP contribution >= 0.6 is 0 Å². The van der Waals surface area contributed by atoms with Gasteiger partial charge in [0.15, 0.2) is 5.69 Å². The van der Waals surface area contributed by atoms with Crippen LogP contribution in [0.2, 0.25) is 0 Å². The molecule has 2 N–H and O–H groups in total. The molecule has 1 aromatic carbocycles. The summed E-state index contributed by atoms with van der Waals surface area (Å²) >= 11 is 0. The molecule has 5 rings (SSSR count). The van der Waals surface area contributed by atoms with Crippen LogP contribution in [0.4, 0.5) is 11.4 Å². The van der Waals surface area contributed by atoms with Crippen LogP contribution in [0.15, 0.2) is 42.6 Å². The number of nitrogens with zero attached hydrogens (tertiary/aromatic N) is 3. The van der Waals surface area contributed by atoms with Crippen LogP contribution in [0.25, 0.3) is 11.0 Å². The van der Waals surface area contributed by atoms with E-state index in [1.807, 2.05) is 33.7 Å². The van der Waals surface area contributed by atoms with Crippen LogP contribution in [0, 0.1) is 5.92 Å². The topological polar surface area (TPSA) is 115 Å². The number of aryl methyl sites for hydroxylation is 2. The third-order valence-corrected chi connectivity index (χ3v) is 7.83. The van der Waals surface area contributed by atoms with Gasteiger partial charge < -0.3 is 29.6 Å². The zero-order valence-corrected chi connectivity index (χ0v) is 23.2. The number of hydrogen-bond donors (Lipinski definition) is 2. The van der Waals surface area contributed by atoms with Crippen LogP contribution in [0.3, 0.4) is 0 Å². The molecule has 2 aromatic heterocycles. The number of nitrogens with one attached hydrogen (secondary N) is 2. The summed E-state index contributed by atoms with van der Waals surface area (Å²) in [6.45, 7) is 4.44. The Morgan fingerprint density at radius 1 is 1.12 bits per heavy atom. The fourth-order valence-corrected chi connectivity index (χ4v) is 5.58. The van der Waals surface area contributed by atoms with Gasteiger partial charge in [-0.05, 0) is 43.7 Å². The van der Waals surface area contributed by atoms with Crippen LogP contribution in [-0.4, -0.2) is 71.7 Å². The number of piperidine rings is 1. The maximum atomic E-state index is 13.2. The van der Waals surface area contributed by atoms with Gasteiger partial charge in [-0.1, -0.05) is 30.3 Å². The Kier molecular flexibility index (Phi) is 8.64. The third kappa shape index (κ3) is 6.12. The standard InChI is InChI=1S/C30H37N5O5/c1-20(36)34-14-10-23(11-15-34)32-24-17-25-26(33-29(37)22-12-16-40-19-22)27(30(38)39-2)35(28(25)31-18-24)13-6-9-21-7-4-3-5-8-21/h3-5,7-8,17-18,22-23,32H,6,9-16,19H2,1-2H3,(H,33,37). The van der Waals surface area contributed by atoms with E-state index >= 15 is 0 Å². The maximum Gasteiger partial charge on any atom is 0.356 e. The van der Waals surface area contributed by atoms with Crippen LogP contribution < -0.4 is 10.6 Å². The minimum absolute atomic E-state index is 0.0959. The molecule has 0 radical (unpaired) electrons. The van der Waals surface area contributed by atoms with E-state index in [4.69, 9.17) is 14.5 Å². The first-order valence-electron chi connectivity index (χ1n) is 14.0. The van der Waals surface area contributed by atoms with E-state index < -0.39 is 5.97 Å². The Balaban J connectivity index is 1.46. The van der Waals surface area contributed by atoms with Crippen LogP contribution in [0.1, 0.15) is 48.7 Å². The zero-order chi connectivity index (χ0) is 28.1. The number of methoxy groups -OCH3 is 1. The Hall–Kier alpha value is -3.92. The number of ether oxygens (including phenoxy) is 2. The summed E-state index contributed by atoms with van der Waals surface area (Å²) in [5.74, 6) is -0.885. The molecule has 0 aliphatic carbocycles. The monoisotopic (exact) mass is 547 g/mol. The van der Waals surface area contributed by atoms with Crippen molar-refractivity contribution in [3.05, 3.63) is 53.9 Å². The first kappa shape index (κ1) is 27.6. The lowest BCUT2D eigenvalue weighted by Gasteiger charge is -2.32. The lowest BCUT2D eigenvalue weighted by Crippen LogP contribution is -2.41. The molecule has 2 aliphatic heterocycles. The Morgan fingerprint density at radius 2 is 1.90 bits per heavy atom. The number of carbonyl (C=O) groups is 3. The second-order valence-corrected chi connectivity index (χ2v) is 10.5. The SMILES string of the molecule is COC(=O)c1c(NC(=O)C2CCOC2)c2cc(NC3CCN(C(C)=O)CC3)cnc2n1CCCc1ccccc1. The fraction of sp³-hybridized carbons (Fsp3) is 0.467. The van der Waals surface area contributed by atoms with Gasteiger partial charge in [-0.3, -0.25) is 9.59 Å². The molecule has 0 saturated carbocycles. The average Bonchev–Trinajstić information content (AvgIpc) is 3.61. The maximum absolute atomic E-state index is 13.2. The van der Waals surface area contributed by atoms with Gasteiger partial charge in [0.1, 0.15) is 5.65 Å². The molecule has 2 aliphatic rings. The smallest absolute Gasteiger partial charge is 0.356 e. The molecular weight excluding hydrogens is 510 g/mol. The predicted octanol–water partition coefficient (Wildman–Crippen LogP) is 3.85. The number of hydrogen-bond acceptors (Lipinski definition) is 7. The van der Waals surface area contributed by atoms with E-state index in [0.29, 0.717) is 56.0 Å². The highest BCUT2D eigenvalue weighted by molar-refractivity contribution is 6.11. The number of aromatic nitrogens is 2. The van der Waals surface area contributed by atoms with Crippen molar-refractivity contribution in [2.75, 3.05) is 44.0 Å². The first-order chi connectivity index (χ1) is 19.4. The molecule has 3 aromatic rings. The summed E-state index contributed by atoms with van der Waals surface area (Å²) in [4.78, 5) is 44.7. The van der Waals surface area contributed by atoms with Gasteiger partial charge in [-0.2, -0.15) is 0 Å². The quantitative estimate of drug-likeness (QED) is 0.391. The highest BCUT2D eigenvalue weighted by Crippen LogP contribution is 2.34. The number of amides is 2. The van der Waals surface area contributed by atoms with Crippen molar-refractivity contribution < 1.29 is 23.9 Å². The molecule has 2 amide bonds. The minimum atomic E-state index is -0.526. The van der Waals surface area contributed by atoms with Crippen molar-refractivity contribution in [1.29, 1.82) is 0 Å². The summed E-state index contributed by atoms with van der Waals surface area (Å²) < 4.78 is 12.5. The number of carbonyl (C=O) groups excluding carboxylic acids is 3. The van der Waals surface area contributed by atoms with E-state index in [1.54, 1.807) is 13.1 Å². The molecule has 10 heteroatoms. The highest BCUT2D eigenvalue weighted by atomic mass is 16.5. The Morgan fingerprint density at radius 3 is 2.58 bits per heavy atom. The van der Waals surface area contributed by atoms with Gasteiger partial charge in [-0.15, -0.1) is 0 Å². The van der Waals surface area contributed by atoms with Crippen molar-refractivity contribution in [2.24, 2.45) is 5.92 Å². The van der Waals surface area contributed by atoms with E-state index in [2.05, 4.69) is 22.8 Å². The van der Waals surface area contributed by atoms with E-state index in [0.717, 1.165) is 31.4 Å². The number of anilines is 2. The van der Waals surface area contributed by atoms with Crippen molar-refractivity contribution in [1.82, 2.24) is 14.5 Å². The minimum Gasteiger partial charge on any atom is -0.464 e. The number of esters is 1. The molecule has 10 nitrogen and oxygen atoms in total. The molecule has 1 unspecified atom stereocenters. The third-order valence-electron chi connectivity index (χ3n) is 7.83. The zero-order valence-electron chi connectivity index (χ0n) is 23.2. The van der Waals surface area contributed by atoms with Gasteiger partial charge >= 0.3 is 5.97 Å². The van der Waals surface area contributed by atoms with E-state index in [9.17, 15) is 14.4 Å². The van der Waals surface area contributed by atoms with Crippen LogP contribution in [0.5, 0.6) is 0 Å². The second-order valence-electron chi connectivity index (χ2n) is 10.5. The normalized spacial score (nSPS) is 17.6. The largest absolute Gasteiger partial charge is 0.464 e. The van der Waals surface area contributed by atoms with Crippen LogP contribution in [-0.2, 0) is 32.0 Å². The molecule has 2 fully saturated rings. The molecule has 2 saturated heterocycles.